The maximum Gasteiger partial charge on any atom is 0.422 e. The highest BCUT2D eigenvalue weighted by atomic mass is 35.5. The number of esters is 1. The van der Waals surface area contributed by atoms with Crippen LogP contribution in [0.5, 0.6) is 5.88 Å². The molecule has 1 atom stereocenters. The average molecular weight is 417 g/mol. The Morgan fingerprint density at radius 3 is 2.57 bits per heavy atom. The fourth-order valence-corrected chi connectivity index (χ4v) is 2.16. The SMILES string of the molecule is Cc1ccc(Cl)cc1NC(=O)C(C)OC(=O)c1ccc(OCC(F)(F)F)nc1. The molecule has 0 aliphatic rings. The molecule has 1 N–H and O–H groups in total. The summed E-state index contributed by atoms with van der Waals surface area (Å²) in [6.07, 6.45) is -4.63. The molecule has 1 aromatic carbocycles. The van der Waals surface area contributed by atoms with Gasteiger partial charge < -0.3 is 14.8 Å². The van der Waals surface area contributed by atoms with E-state index in [1.807, 2.05) is 0 Å². The van der Waals surface area contributed by atoms with Crippen molar-refractivity contribution in [3.05, 3.63) is 52.7 Å². The van der Waals surface area contributed by atoms with E-state index < -0.39 is 30.8 Å². The summed E-state index contributed by atoms with van der Waals surface area (Å²) in [6, 6.07) is 7.25. The average Bonchev–Trinajstić information content (AvgIpc) is 2.62. The van der Waals surface area contributed by atoms with Gasteiger partial charge in [0.2, 0.25) is 5.88 Å². The zero-order chi connectivity index (χ0) is 20.9. The van der Waals surface area contributed by atoms with Gasteiger partial charge in [-0.2, -0.15) is 13.2 Å². The summed E-state index contributed by atoms with van der Waals surface area (Å²) >= 11 is 5.89. The number of rotatable bonds is 6. The van der Waals surface area contributed by atoms with Gasteiger partial charge in [0.05, 0.1) is 5.56 Å². The molecule has 28 heavy (non-hydrogen) atoms. The molecular formula is C18H16ClF3N2O4. The van der Waals surface area contributed by atoms with Crippen molar-refractivity contribution in [1.82, 2.24) is 4.98 Å². The molecule has 150 valence electrons. The lowest BCUT2D eigenvalue weighted by atomic mass is 10.2. The Hall–Kier alpha value is -2.81. The molecule has 0 aliphatic heterocycles. The number of anilines is 1. The molecule has 0 radical (unpaired) electrons. The number of aromatic nitrogens is 1. The van der Waals surface area contributed by atoms with Crippen LogP contribution in [-0.2, 0) is 9.53 Å². The monoisotopic (exact) mass is 416 g/mol. The van der Waals surface area contributed by atoms with Crippen LogP contribution in [0.15, 0.2) is 36.5 Å². The van der Waals surface area contributed by atoms with Crippen LogP contribution in [0.3, 0.4) is 0 Å². The molecule has 10 heteroatoms. The lowest BCUT2D eigenvalue weighted by Gasteiger charge is -2.15. The van der Waals surface area contributed by atoms with Crippen molar-refractivity contribution in [2.45, 2.75) is 26.1 Å². The van der Waals surface area contributed by atoms with E-state index in [0.717, 1.165) is 17.8 Å². The topological polar surface area (TPSA) is 77.5 Å². The molecular weight excluding hydrogens is 401 g/mol. The van der Waals surface area contributed by atoms with Crippen LogP contribution in [0.1, 0.15) is 22.8 Å². The highest BCUT2D eigenvalue weighted by Crippen LogP contribution is 2.21. The zero-order valence-electron chi connectivity index (χ0n) is 14.8. The Balaban J connectivity index is 1.94. The number of hydrogen-bond donors (Lipinski definition) is 1. The molecule has 0 fully saturated rings. The van der Waals surface area contributed by atoms with E-state index in [9.17, 15) is 22.8 Å². The number of nitrogens with one attached hydrogen (secondary N) is 1. The van der Waals surface area contributed by atoms with Crippen molar-refractivity contribution in [2.75, 3.05) is 11.9 Å². The first-order chi connectivity index (χ1) is 13.0. The molecule has 6 nitrogen and oxygen atoms in total. The summed E-state index contributed by atoms with van der Waals surface area (Å²) in [5.41, 5.74) is 1.21. The van der Waals surface area contributed by atoms with Crippen LogP contribution in [0.4, 0.5) is 18.9 Å². The Bertz CT molecular complexity index is 857. The first kappa shape index (κ1) is 21.5. The third kappa shape index (κ3) is 6.41. The van der Waals surface area contributed by atoms with Crippen LogP contribution in [0, 0.1) is 6.92 Å². The second-order valence-corrected chi connectivity index (χ2v) is 6.22. The second-order valence-electron chi connectivity index (χ2n) is 5.78. The van der Waals surface area contributed by atoms with Crippen molar-refractivity contribution >= 4 is 29.2 Å². The maximum absolute atomic E-state index is 12.2. The summed E-state index contributed by atoms with van der Waals surface area (Å²) in [5.74, 6) is -1.73. The molecule has 0 bridgehead atoms. The predicted octanol–water partition coefficient (Wildman–Crippen LogP) is 4.17. The fraction of sp³-hybridized carbons (Fsp3) is 0.278. The second kappa shape index (κ2) is 8.92. The van der Waals surface area contributed by atoms with Gasteiger partial charge in [0.15, 0.2) is 12.7 Å². The molecule has 0 saturated heterocycles. The number of pyridine rings is 1. The lowest BCUT2D eigenvalue weighted by Crippen LogP contribution is -2.30. The smallest absolute Gasteiger partial charge is 0.422 e. The highest BCUT2D eigenvalue weighted by Gasteiger charge is 2.28. The Labute approximate surface area is 163 Å². The Morgan fingerprint density at radius 1 is 1.25 bits per heavy atom. The van der Waals surface area contributed by atoms with Gasteiger partial charge in [0.1, 0.15) is 0 Å². The summed E-state index contributed by atoms with van der Waals surface area (Å²) in [4.78, 5) is 27.9. The van der Waals surface area contributed by atoms with Crippen LogP contribution in [-0.4, -0.2) is 35.7 Å². The van der Waals surface area contributed by atoms with Crippen LogP contribution >= 0.6 is 11.6 Å². The maximum atomic E-state index is 12.2. The van der Waals surface area contributed by atoms with Gasteiger partial charge in [-0.05, 0) is 37.6 Å². The van der Waals surface area contributed by atoms with Crippen molar-refractivity contribution in [3.8, 4) is 5.88 Å². The summed E-state index contributed by atoms with van der Waals surface area (Å²) in [7, 11) is 0. The largest absolute Gasteiger partial charge is 0.468 e. The minimum absolute atomic E-state index is 0.0436. The van der Waals surface area contributed by atoms with E-state index in [-0.39, 0.29) is 11.4 Å². The van der Waals surface area contributed by atoms with Crippen LogP contribution in [0.2, 0.25) is 5.02 Å². The van der Waals surface area contributed by atoms with Gasteiger partial charge in [-0.3, -0.25) is 4.79 Å². The molecule has 1 unspecified atom stereocenters. The Morgan fingerprint density at radius 2 is 1.96 bits per heavy atom. The first-order valence-corrected chi connectivity index (χ1v) is 8.36. The Kier molecular flexibility index (Phi) is 6.85. The molecule has 1 heterocycles. The third-order valence-corrected chi connectivity index (χ3v) is 3.70. The quantitative estimate of drug-likeness (QED) is 0.715. The van der Waals surface area contributed by atoms with E-state index in [4.69, 9.17) is 16.3 Å². The van der Waals surface area contributed by atoms with E-state index in [2.05, 4.69) is 15.0 Å². The van der Waals surface area contributed by atoms with Gasteiger partial charge in [-0.1, -0.05) is 17.7 Å². The first-order valence-electron chi connectivity index (χ1n) is 7.99. The number of nitrogens with zero attached hydrogens (tertiary/aromatic N) is 1. The zero-order valence-corrected chi connectivity index (χ0v) is 15.6. The summed E-state index contributed by atoms with van der Waals surface area (Å²) in [5, 5.41) is 3.04. The number of alkyl halides is 3. The minimum Gasteiger partial charge on any atom is -0.468 e. The highest BCUT2D eigenvalue weighted by molar-refractivity contribution is 6.31. The molecule has 0 saturated carbocycles. The third-order valence-electron chi connectivity index (χ3n) is 3.47. The number of carbonyl (C=O) groups excluding carboxylic acids is 2. The fourth-order valence-electron chi connectivity index (χ4n) is 1.99. The van der Waals surface area contributed by atoms with Gasteiger partial charge in [-0.15, -0.1) is 0 Å². The molecule has 1 amide bonds. The molecule has 0 aliphatic carbocycles. The summed E-state index contributed by atoms with van der Waals surface area (Å²) in [6.45, 7) is 1.65. The normalized spacial score (nSPS) is 12.2. The van der Waals surface area contributed by atoms with Crippen molar-refractivity contribution in [3.63, 3.8) is 0 Å². The van der Waals surface area contributed by atoms with E-state index in [1.165, 1.54) is 13.0 Å². The number of ether oxygens (including phenoxy) is 2. The molecule has 0 spiro atoms. The number of aryl methyl sites for hydroxylation is 1. The lowest BCUT2D eigenvalue weighted by molar-refractivity contribution is -0.154. The van der Waals surface area contributed by atoms with E-state index >= 15 is 0 Å². The molecule has 2 rings (SSSR count). The number of benzene rings is 1. The van der Waals surface area contributed by atoms with E-state index in [1.54, 1.807) is 25.1 Å². The minimum atomic E-state index is -4.50. The number of halogens is 4. The predicted molar refractivity (Wildman–Crippen MR) is 95.5 cm³/mol. The number of carbonyl (C=O) groups is 2. The van der Waals surface area contributed by atoms with Gasteiger partial charge in [0.25, 0.3) is 5.91 Å². The van der Waals surface area contributed by atoms with Gasteiger partial charge in [-0.25, -0.2) is 9.78 Å². The van der Waals surface area contributed by atoms with Crippen molar-refractivity contribution in [2.24, 2.45) is 0 Å². The van der Waals surface area contributed by atoms with Crippen LogP contribution < -0.4 is 10.1 Å². The van der Waals surface area contributed by atoms with Gasteiger partial charge in [0, 0.05) is 23.0 Å². The van der Waals surface area contributed by atoms with Gasteiger partial charge >= 0.3 is 12.1 Å². The molecule has 1 aromatic heterocycles. The number of amides is 1. The standard InChI is InChI=1S/C18H16ClF3N2O4/c1-10-3-5-13(19)7-14(10)24-16(25)11(2)28-17(26)12-4-6-15(23-8-12)27-9-18(20,21)22/h3-8,11H,9H2,1-2H3,(H,24,25). The van der Waals surface area contributed by atoms with Crippen molar-refractivity contribution in [1.29, 1.82) is 0 Å². The van der Waals surface area contributed by atoms with Crippen molar-refractivity contribution < 1.29 is 32.2 Å². The summed E-state index contributed by atoms with van der Waals surface area (Å²) < 4.78 is 45.8. The molecule has 2 aromatic rings. The van der Waals surface area contributed by atoms with Crippen LogP contribution in [0.25, 0.3) is 0 Å². The number of hydrogen-bond acceptors (Lipinski definition) is 5. The van der Waals surface area contributed by atoms with E-state index in [0.29, 0.717) is 10.7 Å².